The maximum atomic E-state index is 15.1. The Morgan fingerprint density at radius 3 is 2.37 bits per heavy atom. The number of nitrogens with one attached hydrogen (secondary N) is 1. The maximum Gasteiger partial charge on any atom is 0.514 e. The molecule has 17 heteroatoms. The fraction of sp³-hybridized carbons (Fsp3) is 0.522. The molecule has 1 N–H and O–H groups in total. The average molecular weight is 885 g/mol. The number of hydrogen-bond acceptors (Lipinski definition) is 17. The highest BCUT2D eigenvalue weighted by Gasteiger charge is 2.62. The van der Waals surface area contributed by atoms with Crippen LogP contribution in [0.25, 0.3) is 0 Å². The number of aryl methyl sites for hydroxylation is 1. The van der Waals surface area contributed by atoms with Crippen LogP contribution in [0, 0.1) is 25.2 Å². The van der Waals surface area contributed by atoms with E-state index in [0.717, 1.165) is 22.3 Å². The molecule has 7 aliphatic heterocycles. The zero-order valence-electron chi connectivity index (χ0n) is 37.1. The summed E-state index contributed by atoms with van der Waals surface area (Å²) in [5.74, 6) is 1.94. The normalized spacial score (nSPS) is 26.8. The van der Waals surface area contributed by atoms with E-state index in [1.165, 1.54) is 25.8 Å². The summed E-state index contributed by atoms with van der Waals surface area (Å²) in [6.07, 6.45) is 0.170. The second-order valence-corrected chi connectivity index (χ2v) is 19.0. The molecule has 1 unspecified atom stereocenters. The van der Waals surface area contributed by atoms with Gasteiger partial charge >= 0.3 is 18.1 Å². The Kier molecular flexibility index (Phi) is 10.7. The molecule has 7 heterocycles. The third-order valence-electron chi connectivity index (χ3n) is 13.2. The lowest BCUT2D eigenvalue weighted by atomic mass is 9.71. The molecule has 0 aromatic heterocycles. The molecule has 0 saturated carbocycles. The summed E-state index contributed by atoms with van der Waals surface area (Å²) >= 11 is 1.50. The number of carbonyl (C=O) groups excluding carboxylic acids is 3. The number of fused-ring (bicyclic) bond motifs is 9. The van der Waals surface area contributed by atoms with Crippen molar-refractivity contribution >= 4 is 29.9 Å². The predicted octanol–water partition coefficient (Wildman–Crippen LogP) is 5.90. The van der Waals surface area contributed by atoms with Gasteiger partial charge in [0, 0.05) is 53.6 Å². The van der Waals surface area contributed by atoms with Gasteiger partial charge in [0.1, 0.15) is 24.0 Å². The van der Waals surface area contributed by atoms with Crippen molar-refractivity contribution < 1.29 is 57.0 Å². The van der Waals surface area contributed by atoms with Gasteiger partial charge in [-0.1, -0.05) is 6.07 Å². The summed E-state index contributed by atoms with van der Waals surface area (Å²) in [5.41, 5.74) is 4.02. The van der Waals surface area contributed by atoms with Crippen molar-refractivity contribution in [2.45, 2.75) is 101 Å². The third kappa shape index (κ3) is 6.62. The van der Waals surface area contributed by atoms with E-state index < -0.39 is 52.6 Å². The van der Waals surface area contributed by atoms with Crippen LogP contribution in [0.4, 0.5) is 4.79 Å². The molecule has 0 amide bonds. The minimum Gasteiger partial charge on any atom is -0.493 e. The summed E-state index contributed by atoms with van der Waals surface area (Å²) in [6, 6.07) is 5.69. The molecule has 16 nitrogen and oxygen atoms in total. The Labute approximate surface area is 370 Å². The fourth-order valence-electron chi connectivity index (χ4n) is 10.8. The molecule has 2 fully saturated rings. The molecular weight excluding hydrogens is 833 g/mol. The number of thioether (sulfide) groups is 1. The first-order valence-electron chi connectivity index (χ1n) is 21.0. The second kappa shape index (κ2) is 15.7. The van der Waals surface area contributed by atoms with E-state index in [4.69, 9.17) is 42.6 Å². The van der Waals surface area contributed by atoms with Gasteiger partial charge in [-0.2, -0.15) is 5.26 Å². The number of ether oxygens (including phenoxy) is 9. The van der Waals surface area contributed by atoms with Crippen LogP contribution in [-0.4, -0.2) is 106 Å². The Balaban J connectivity index is 1.27. The van der Waals surface area contributed by atoms with Gasteiger partial charge in [0.15, 0.2) is 40.0 Å². The number of esters is 2. The molecular formula is C46H52N4O12S. The molecule has 1 spiro atoms. The third-order valence-corrected chi connectivity index (χ3v) is 14.7. The van der Waals surface area contributed by atoms with Crippen molar-refractivity contribution in [1.82, 2.24) is 15.1 Å². The monoisotopic (exact) mass is 884 g/mol. The topological polar surface area (TPSA) is 177 Å². The Hall–Kier alpha value is -5.41. The van der Waals surface area contributed by atoms with Crippen molar-refractivity contribution in [3.05, 3.63) is 62.7 Å². The molecule has 2 saturated heterocycles. The minimum absolute atomic E-state index is 0.0649. The number of hydrogen-bond donors (Lipinski definition) is 1. The van der Waals surface area contributed by atoms with Crippen molar-refractivity contribution in [2.75, 3.05) is 54.1 Å². The van der Waals surface area contributed by atoms with Gasteiger partial charge in [0.05, 0.1) is 44.7 Å². The van der Waals surface area contributed by atoms with Crippen LogP contribution in [0.1, 0.15) is 89.5 Å². The molecule has 10 rings (SSSR count). The quantitative estimate of drug-likeness (QED) is 0.182. The number of carbonyl (C=O) groups is 3. The van der Waals surface area contributed by atoms with Crippen molar-refractivity contribution in [2.24, 2.45) is 0 Å². The van der Waals surface area contributed by atoms with E-state index in [1.807, 2.05) is 20.9 Å². The van der Waals surface area contributed by atoms with Crippen molar-refractivity contribution in [1.29, 1.82) is 5.26 Å². The second-order valence-electron chi connectivity index (χ2n) is 17.8. The van der Waals surface area contributed by atoms with Gasteiger partial charge < -0.3 is 42.6 Å². The van der Waals surface area contributed by atoms with E-state index in [0.29, 0.717) is 70.4 Å². The van der Waals surface area contributed by atoms with Gasteiger partial charge in [0.25, 0.3) is 0 Å². The molecule has 0 radical (unpaired) electrons. The van der Waals surface area contributed by atoms with Gasteiger partial charge in [-0.15, -0.1) is 11.8 Å². The van der Waals surface area contributed by atoms with Crippen LogP contribution in [0.2, 0.25) is 0 Å². The number of benzene rings is 3. The van der Waals surface area contributed by atoms with Crippen molar-refractivity contribution in [3.63, 3.8) is 0 Å². The number of rotatable bonds is 5. The van der Waals surface area contributed by atoms with Crippen LogP contribution in [0.3, 0.4) is 0 Å². The molecule has 7 atom stereocenters. The van der Waals surface area contributed by atoms with E-state index in [-0.39, 0.29) is 42.7 Å². The number of likely N-dealkylation sites (N-methyl/N-ethyl adjacent to an activating group) is 1. The van der Waals surface area contributed by atoms with Crippen molar-refractivity contribution in [3.8, 4) is 46.3 Å². The number of methoxy groups -OCH3 is 3. The van der Waals surface area contributed by atoms with Crippen LogP contribution in [0.15, 0.2) is 18.2 Å². The smallest absolute Gasteiger partial charge is 0.493 e. The molecule has 3 aromatic carbocycles. The van der Waals surface area contributed by atoms with Crippen LogP contribution in [-0.2, 0) is 37.4 Å². The van der Waals surface area contributed by atoms with E-state index in [2.05, 4.69) is 27.3 Å². The molecule has 4 bridgehead atoms. The Bertz CT molecular complexity index is 2480. The van der Waals surface area contributed by atoms with E-state index >= 15 is 4.79 Å². The van der Waals surface area contributed by atoms with E-state index in [1.54, 1.807) is 47.1 Å². The summed E-state index contributed by atoms with van der Waals surface area (Å²) < 4.78 is 54.3. The summed E-state index contributed by atoms with van der Waals surface area (Å²) in [4.78, 5) is 45.6. The highest BCUT2D eigenvalue weighted by Crippen LogP contribution is 2.65. The highest BCUT2D eigenvalue weighted by molar-refractivity contribution is 7.99. The summed E-state index contributed by atoms with van der Waals surface area (Å²) in [6.45, 7) is 10.6. The summed E-state index contributed by atoms with van der Waals surface area (Å²) in [7, 11) is 6.78. The fourth-order valence-corrected chi connectivity index (χ4v) is 12.5. The lowest BCUT2D eigenvalue weighted by Gasteiger charge is -2.62. The zero-order chi connectivity index (χ0) is 44.9. The van der Waals surface area contributed by atoms with Gasteiger partial charge in [-0.25, -0.2) is 9.59 Å². The zero-order valence-corrected chi connectivity index (χ0v) is 37.9. The van der Waals surface area contributed by atoms with Gasteiger partial charge in [0.2, 0.25) is 6.79 Å². The van der Waals surface area contributed by atoms with E-state index in [9.17, 15) is 14.9 Å². The molecule has 63 heavy (non-hydrogen) atoms. The maximum absolute atomic E-state index is 15.1. The number of nitriles is 1. The first-order chi connectivity index (χ1) is 30.1. The molecule has 7 aliphatic rings. The van der Waals surface area contributed by atoms with Crippen LogP contribution < -0.4 is 38.5 Å². The number of piperazine rings is 1. The largest absolute Gasteiger partial charge is 0.514 e. The first-order valence-corrected chi connectivity index (χ1v) is 22.1. The van der Waals surface area contributed by atoms with Gasteiger partial charge in [-0.3, -0.25) is 19.9 Å². The van der Waals surface area contributed by atoms with Crippen LogP contribution >= 0.6 is 11.8 Å². The SMILES string of the molecule is COc1cc2c(cc1OC(=O)OC(C)(C)C)CCN[C@]21CS[C@@H]2c3c(OC(C)=O)c(C)c4c(c3[C@H](COC1=O)N1C2[C@H]2c3c(cc(C)c(OC)c3OC)C[C@@H]([C@@H]1C#N)N2C)OCO4. The minimum atomic E-state index is -1.42. The molecule has 334 valence electrons. The molecule has 3 aromatic rings. The lowest BCUT2D eigenvalue weighted by Crippen LogP contribution is -2.69. The Morgan fingerprint density at radius 1 is 0.937 bits per heavy atom. The lowest BCUT2D eigenvalue weighted by molar-refractivity contribution is -0.157. The summed E-state index contributed by atoms with van der Waals surface area (Å²) in [5, 5.41) is 14.3. The first kappa shape index (κ1) is 42.9. The average Bonchev–Trinajstić information content (AvgIpc) is 3.72. The Morgan fingerprint density at radius 2 is 1.68 bits per heavy atom. The van der Waals surface area contributed by atoms with Gasteiger partial charge in [-0.05, 0) is 88.9 Å². The predicted molar refractivity (Wildman–Crippen MR) is 228 cm³/mol. The standard InChI is InChI=1S/C46H52N4O12S/c1-21-13-25-14-27-28(17-47)50-29-18-57-43(52)46(26-16-30(54-8)31(15-24(26)11-12-48-46)61-44(53)62-45(4,5)6)19-63-42(36(50)35(49(27)7)32(25)40(56-10)37(21)55-9)34-33(29)41-39(58-20-59-41)22(2)38(34)60-23(3)51/h13,15-16,27-29,35-36,42,48H,11-12,14,18-20H2,1-10H3/t27-,28-,29-,35+,36?,42+,46+/m0/s1. The highest BCUT2D eigenvalue weighted by atomic mass is 32.2. The number of nitrogens with zero attached hydrogens (tertiary/aromatic N) is 3. The van der Waals surface area contributed by atoms with Crippen LogP contribution in [0.5, 0.6) is 40.2 Å². The molecule has 0 aliphatic carbocycles.